The van der Waals surface area contributed by atoms with Crippen molar-refractivity contribution in [2.75, 3.05) is 0 Å². The number of rotatable bonds is 5. The Morgan fingerprint density at radius 1 is 0.328 bits per heavy atom. The SMILES string of the molecule is c1ccc(-c2nc(-c3cccc4c3sc3ccccc34)nc(-n3c4ccccc4c4ccc5c6cc(-n7c8ccccc8c8ccccc87)ccc6n(-c6ccccc6)c5c43)n2)cc1. The molecule has 64 heavy (non-hydrogen) atoms. The van der Waals surface area contributed by atoms with E-state index in [1.54, 1.807) is 11.3 Å². The predicted molar refractivity (Wildman–Crippen MR) is 267 cm³/mol. The Morgan fingerprint density at radius 3 is 1.61 bits per heavy atom. The number of benzene rings is 9. The maximum Gasteiger partial charge on any atom is 0.238 e. The van der Waals surface area contributed by atoms with E-state index >= 15 is 0 Å². The highest BCUT2D eigenvalue weighted by atomic mass is 32.1. The Bertz CT molecular complexity index is 4140. The van der Waals surface area contributed by atoms with Crippen molar-refractivity contribution in [2.45, 2.75) is 0 Å². The summed E-state index contributed by atoms with van der Waals surface area (Å²) in [6, 6.07) is 73.7. The molecule has 0 aliphatic rings. The second kappa shape index (κ2) is 13.6. The van der Waals surface area contributed by atoms with E-state index in [0.29, 0.717) is 17.6 Å². The van der Waals surface area contributed by atoms with Gasteiger partial charge in [-0.05, 0) is 60.7 Å². The van der Waals surface area contributed by atoms with Crippen molar-refractivity contribution in [1.29, 1.82) is 0 Å². The van der Waals surface area contributed by atoms with Crippen molar-refractivity contribution in [3.05, 3.63) is 206 Å². The average Bonchev–Trinajstić information content (AvgIpc) is 4.11. The van der Waals surface area contributed by atoms with E-state index in [1.807, 2.05) is 18.2 Å². The molecule has 0 radical (unpaired) electrons. The first-order valence-corrected chi connectivity index (χ1v) is 22.4. The Hall–Kier alpha value is -8.39. The van der Waals surface area contributed by atoms with Gasteiger partial charge in [0.15, 0.2) is 11.6 Å². The molecular formula is C57H34N6S. The van der Waals surface area contributed by atoms with Gasteiger partial charge in [-0.15, -0.1) is 11.3 Å². The highest BCUT2D eigenvalue weighted by Gasteiger charge is 2.25. The summed E-state index contributed by atoms with van der Waals surface area (Å²) in [5, 5.41) is 9.48. The highest BCUT2D eigenvalue weighted by molar-refractivity contribution is 7.26. The van der Waals surface area contributed by atoms with Crippen molar-refractivity contribution in [3.63, 3.8) is 0 Å². The lowest BCUT2D eigenvalue weighted by atomic mass is 10.1. The average molecular weight is 835 g/mol. The summed E-state index contributed by atoms with van der Waals surface area (Å²) in [7, 11) is 0. The summed E-state index contributed by atoms with van der Waals surface area (Å²) in [6.07, 6.45) is 0. The van der Waals surface area contributed by atoms with E-state index in [9.17, 15) is 0 Å². The van der Waals surface area contributed by atoms with Crippen LogP contribution in [0.1, 0.15) is 0 Å². The van der Waals surface area contributed by atoms with Crippen LogP contribution in [0.3, 0.4) is 0 Å². The Balaban J connectivity index is 1.11. The van der Waals surface area contributed by atoms with Crippen LogP contribution in [0.15, 0.2) is 206 Å². The molecular weight excluding hydrogens is 801 g/mol. The lowest BCUT2D eigenvalue weighted by molar-refractivity contribution is 0.954. The number of thiophene rings is 1. The lowest BCUT2D eigenvalue weighted by Crippen LogP contribution is -2.07. The third kappa shape index (κ3) is 5.04. The first kappa shape index (κ1) is 35.2. The first-order valence-electron chi connectivity index (χ1n) is 21.5. The van der Waals surface area contributed by atoms with Crippen LogP contribution >= 0.6 is 11.3 Å². The predicted octanol–water partition coefficient (Wildman–Crippen LogP) is 14.9. The molecule has 0 aliphatic carbocycles. The molecule has 6 nitrogen and oxygen atoms in total. The van der Waals surface area contributed by atoms with Crippen molar-refractivity contribution in [2.24, 2.45) is 0 Å². The van der Waals surface area contributed by atoms with Crippen LogP contribution in [0.5, 0.6) is 0 Å². The van der Waals surface area contributed by atoms with E-state index in [-0.39, 0.29) is 0 Å². The van der Waals surface area contributed by atoms with E-state index < -0.39 is 0 Å². The van der Waals surface area contributed by atoms with Gasteiger partial charge in [-0.3, -0.25) is 4.57 Å². The molecule has 0 unspecified atom stereocenters. The van der Waals surface area contributed by atoms with Gasteiger partial charge in [0.05, 0.1) is 33.1 Å². The summed E-state index contributed by atoms with van der Waals surface area (Å²) in [5.41, 5.74) is 10.7. The molecule has 5 heterocycles. The fraction of sp³-hybridized carbons (Fsp3) is 0. The van der Waals surface area contributed by atoms with Crippen LogP contribution in [0.2, 0.25) is 0 Å². The van der Waals surface area contributed by atoms with Gasteiger partial charge in [-0.25, -0.2) is 4.98 Å². The minimum atomic E-state index is 0.566. The number of nitrogens with zero attached hydrogens (tertiary/aromatic N) is 6. The molecule has 7 heteroatoms. The van der Waals surface area contributed by atoms with Crippen LogP contribution in [-0.2, 0) is 0 Å². The summed E-state index contributed by atoms with van der Waals surface area (Å²) >= 11 is 1.79. The minimum absolute atomic E-state index is 0.566. The van der Waals surface area contributed by atoms with Gasteiger partial charge in [-0.2, -0.15) is 9.97 Å². The topological polar surface area (TPSA) is 53.5 Å². The molecule has 0 saturated carbocycles. The molecule has 0 N–H and O–H groups in total. The van der Waals surface area contributed by atoms with Gasteiger partial charge in [0.25, 0.3) is 0 Å². The molecule has 0 spiro atoms. The molecule has 5 aromatic heterocycles. The molecule has 0 fully saturated rings. The van der Waals surface area contributed by atoms with E-state index in [4.69, 9.17) is 15.0 Å². The summed E-state index contributed by atoms with van der Waals surface area (Å²) in [6.45, 7) is 0. The smallest absolute Gasteiger partial charge is 0.238 e. The van der Waals surface area contributed by atoms with Crippen LogP contribution in [-0.4, -0.2) is 28.7 Å². The molecule has 0 bridgehead atoms. The quantitative estimate of drug-likeness (QED) is 0.174. The van der Waals surface area contributed by atoms with Gasteiger partial charge < -0.3 is 9.13 Å². The van der Waals surface area contributed by atoms with Gasteiger partial charge >= 0.3 is 0 Å². The lowest BCUT2D eigenvalue weighted by Gasteiger charge is -2.13. The molecule has 298 valence electrons. The van der Waals surface area contributed by atoms with Crippen molar-refractivity contribution < 1.29 is 0 Å². The van der Waals surface area contributed by atoms with E-state index in [2.05, 4.69) is 202 Å². The van der Waals surface area contributed by atoms with Crippen LogP contribution < -0.4 is 0 Å². The maximum atomic E-state index is 5.50. The number of hydrogen-bond acceptors (Lipinski definition) is 4. The fourth-order valence-corrected chi connectivity index (χ4v) is 11.4. The van der Waals surface area contributed by atoms with Crippen LogP contribution in [0, 0.1) is 0 Å². The minimum Gasteiger partial charge on any atom is -0.309 e. The molecule has 14 rings (SSSR count). The molecule has 0 aliphatic heterocycles. The van der Waals surface area contributed by atoms with Gasteiger partial charge in [0.1, 0.15) is 0 Å². The van der Waals surface area contributed by atoms with Crippen LogP contribution in [0.4, 0.5) is 0 Å². The number of fused-ring (bicyclic) bond motifs is 13. The zero-order chi connectivity index (χ0) is 41.9. The standard InChI is InChI=1S/C57H34N6S/c1-3-16-35(17-4-1)55-58-56(45-25-15-24-44-41-23-10-14-29-51(41)64-54(44)45)60-57(59-55)63-49-28-13-9-22-40(49)42-31-32-43-46-34-37(61-47-26-11-7-20-38(47)39-21-8-12-27-48(39)61)30-33-50(46)62(52(43)53(42)63)36-18-5-2-6-19-36/h1-34H. The molecule has 0 saturated heterocycles. The summed E-state index contributed by atoms with van der Waals surface area (Å²) < 4.78 is 9.51. The zero-order valence-electron chi connectivity index (χ0n) is 34.2. The monoisotopic (exact) mass is 834 g/mol. The molecule has 9 aromatic carbocycles. The number of aromatic nitrogens is 6. The summed E-state index contributed by atoms with van der Waals surface area (Å²) in [4.78, 5) is 16.2. The molecule has 14 aromatic rings. The fourth-order valence-electron chi connectivity index (χ4n) is 10.2. The van der Waals surface area contributed by atoms with Crippen molar-refractivity contribution in [3.8, 4) is 40.1 Å². The van der Waals surface area contributed by atoms with Crippen molar-refractivity contribution >= 4 is 96.9 Å². The van der Waals surface area contributed by atoms with Crippen molar-refractivity contribution in [1.82, 2.24) is 28.7 Å². The molecule has 0 amide bonds. The Labute approximate surface area is 370 Å². The Kier molecular flexibility index (Phi) is 7.46. The zero-order valence-corrected chi connectivity index (χ0v) is 35.0. The van der Waals surface area contributed by atoms with Gasteiger partial charge in [0, 0.05) is 75.0 Å². The summed E-state index contributed by atoms with van der Waals surface area (Å²) in [5.74, 6) is 1.83. The van der Waals surface area contributed by atoms with E-state index in [0.717, 1.165) is 70.8 Å². The first-order chi connectivity index (χ1) is 31.8. The normalized spacial score (nSPS) is 12.1. The van der Waals surface area contributed by atoms with E-state index in [1.165, 1.54) is 37.3 Å². The second-order valence-corrected chi connectivity index (χ2v) is 17.4. The molecule has 0 atom stereocenters. The third-order valence-electron chi connectivity index (χ3n) is 12.9. The second-order valence-electron chi connectivity index (χ2n) is 16.4. The third-order valence-corrected chi connectivity index (χ3v) is 14.1. The maximum absolute atomic E-state index is 5.50. The van der Waals surface area contributed by atoms with Crippen LogP contribution in [0.25, 0.3) is 126 Å². The number of hydrogen-bond donors (Lipinski definition) is 0. The highest BCUT2D eigenvalue weighted by Crippen LogP contribution is 2.44. The van der Waals surface area contributed by atoms with Gasteiger partial charge in [0.2, 0.25) is 5.95 Å². The Morgan fingerprint density at radius 2 is 0.875 bits per heavy atom. The number of para-hydroxylation sites is 4. The largest absolute Gasteiger partial charge is 0.309 e. The van der Waals surface area contributed by atoms with Gasteiger partial charge in [-0.1, -0.05) is 146 Å².